The molecule has 0 saturated carbocycles. The average Bonchev–Trinajstić information content (AvgIpc) is 2.61. The summed E-state index contributed by atoms with van der Waals surface area (Å²) in [7, 11) is 0. The third-order valence-electron chi connectivity index (χ3n) is 2.62. The van der Waals surface area contributed by atoms with Crippen LogP contribution in [0.4, 0.5) is 5.69 Å². The first kappa shape index (κ1) is 12.5. The Balaban J connectivity index is 2.41. The van der Waals surface area contributed by atoms with E-state index in [9.17, 15) is 4.79 Å². The van der Waals surface area contributed by atoms with E-state index in [1.807, 2.05) is 31.2 Å². The van der Waals surface area contributed by atoms with Gasteiger partial charge in [-0.15, -0.1) is 0 Å². The van der Waals surface area contributed by atoms with Crippen LogP contribution in [0.1, 0.15) is 18.9 Å². The highest BCUT2D eigenvalue weighted by Crippen LogP contribution is 2.28. The van der Waals surface area contributed by atoms with E-state index >= 15 is 0 Å². The molecule has 0 fully saturated rings. The number of nitrogens with one attached hydrogen (secondary N) is 1. The number of carbonyl (C=O) groups excluding carboxylic acids is 1. The summed E-state index contributed by atoms with van der Waals surface area (Å²) in [6.07, 6.45) is 0.885. The van der Waals surface area contributed by atoms with Crippen molar-refractivity contribution in [3.8, 4) is 0 Å². The summed E-state index contributed by atoms with van der Waals surface area (Å²) >= 11 is 4.68. The first-order valence-electron chi connectivity index (χ1n) is 5.69. The van der Waals surface area contributed by atoms with Gasteiger partial charge in [0.25, 0.3) is 5.91 Å². The lowest BCUT2D eigenvalue weighted by atomic mass is 10.1. The lowest BCUT2D eigenvalue weighted by Gasteiger charge is -2.14. The number of hydrogen-bond donors (Lipinski definition) is 2. The minimum Gasteiger partial charge on any atom is -0.375 e. The summed E-state index contributed by atoms with van der Waals surface area (Å²) in [5.74, 6) is -0.123. The smallest absolute Gasteiger partial charge is 0.279 e. The minimum absolute atomic E-state index is 0.0433. The number of rotatable bonds is 3. The van der Waals surface area contributed by atoms with E-state index in [2.05, 4.69) is 22.7 Å². The van der Waals surface area contributed by atoms with Crippen molar-refractivity contribution in [2.24, 2.45) is 10.8 Å². The molecule has 1 aliphatic rings. The summed E-state index contributed by atoms with van der Waals surface area (Å²) in [6, 6.07) is 7.55. The van der Waals surface area contributed by atoms with Crippen LogP contribution < -0.4 is 16.1 Å². The van der Waals surface area contributed by atoms with E-state index in [0.29, 0.717) is 12.3 Å². The van der Waals surface area contributed by atoms with Gasteiger partial charge in [0, 0.05) is 12.1 Å². The fourth-order valence-electron chi connectivity index (χ4n) is 1.93. The summed E-state index contributed by atoms with van der Waals surface area (Å²) in [6.45, 7) is 2.69. The molecule has 2 rings (SSSR count). The van der Waals surface area contributed by atoms with E-state index < -0.39 is 0 Å². The quantitative estimate of drug-likeness (QED) is 0.629. The molecule has 1 heterocycles. The second kappa shape index (κ2) is 5.14. The zero-order valence-electron chi connectivity index (χ0n) is 10.0. The number of nitrogens with two attached hydrogens (primary N) is 1. The van der Waals surface area contributed by atoms with Crippen LogP contribution in [0.25, 0.3) is 0 Å². The molecule has 1 amide bonds. The van der Waals surface area contributed by atoms with E-state index in [-0.39, 0.29) is 11.0 Å². The Morgan fingerprint density at radius 2 is 2.22 bits per heavy atom. The van der Waals surface area contributed by atoms with E-state index in [4.69, 9.17) is 5.73 Å². The van der Waals surface area contributed by atoms with Gasteiger partial charge in [0.1, 0.15) is 0 Å². The van der Waals surface area contributed by atoms with Crippen molar-refractivity contribution in [2.75, 3.05) is 11.4 Å². The Morgan fingerprint density at radius 1 is 1.50 bits per heavy atom. The van der Waals surface area contributed by atoms with Gasteiger partial charge >= 0.3 is 0 Å². The summed E-state index contributed by atoms with van der Waals surface area (Å²) in [5.41, 5.74) is 9.83. The third kappa shape index (κ3) is 2.19. The molecule has 0 spiro atoms. The van der Waals surface area contributed by atoms with Gasteiger partial charge in [0.2, 0.25) is 0 Å². The average molecular weight is 262 g/mol. The van der Waals surface area contributed by atoms with Crippen LogP contribution in [0.2, 0.25) is 0 Å². The summed E-state index contributed by atoms with van der Waals surface area (Å²) in [5, 5.41) is 4.03. The molecule has 0 aliphatic carbocycles. The molecule has 0 aromatic heterocycles. The number of benzene rings is 1. The maximum Gasteiger partial charge on any atom is 0.279 e. The Bertz CT molecular complexity index is 527. The van der Waals surface area contributed by atoms with Crippen LogP contribution in [0, 0.1) is 0 Å². The fraction of sp³-hybridized carbons (Fsp3) is 0.250. The van der Waals surface area contributed by atoms with E-state index in [1.165, 1.54) is 0 Å². The largest absolute Gasteiger partial charge is 0.375 e. The van der Waals surface area contributed by atoms with Crippen molar-refractivity contribution in [1.29, 1.82) is 0 Å². The number of para-hydroxylation sites is 1. The minimum atomic E-state index is -0.123. The number of fused-ring (bicyclic) bond motifs is 1. The Labute approximate surface area is 111 Å². The molecule has 3 N–H and O–H groups in total. The SMILES string of the molecule is CCCN1C(=O)C(=NNC(N)=S)c2ccccc21. The van der Waals surface area contributed by atoms with Crippen molar-refractivity contribution in [1.82, 2.24) is 5.43 Å². The lowest BCUT2D eigenvalue weighted by molar-refractivity contribution is -0.112. The predicted molar refractivity (Wildman–Crippen MR) is 75.5 cm³/mol. The van der Waals surface area contributed by atoms with Gasteiger partial charge in [-0.25, -0.2) is 0 Å². The second-order valence-electron chi connectivity index (χ2n) is 3.91. The number of hydrazone groups is 1. The Kier molecular flexibility index (Phi) is 3.57. The van der Waals surface area contributed by atoms with Crippen molar-refractivity contribution in [3.63, 3.8) is 0 Å². The molecule has 18 heavy (non-hydrogen) atoms. The summed E-state index contributed by atoms with van der Waals surface area (Å²) in [4.78, 5) is 14.0. The van der Waals surface area contributed by atoms with Gasteiger partial charge in [0.05, 0.1) is 5.69 Å². The van der Waals surface area contributed by atoms with Crippen molar-refractivity contribution in [2.45, 2.75) is 13.3 Å². The molecule has 6 heteroatoms. The molecule has 1 aromatic rings. The van der Waals surface area contributed by atoms with Crippen LogP contribution >= 0.6 is 12.2 Å². The third-order valence-corrected chi connectivity index (χ3v) is 2.71. The van der Waals surface area contributed by atoms with Gasteiger partial charge in [-0.1, -0.05) is 25.1 Å². The van der Waals surface area contributed by atoms with Gasteiger partial charge in [0.15, 0.2) is 10.8 Å². The lowest BCUT2D eigenvalue weighted by Crippen LogP contribution is -2.33. The maximum atomic E-state index is 12.2. The molecule has 1 aromatic carbocycles. The molecule has 94 valence electrons. The zero-order valence-corrected chi connectivity index (χ0v) is 10.8. The highest BCUT2D eigenvalue weighted by atomic mass is 32.1. The molecular formula is C12H14N4OS. The molecule has 1 aliphatic heterocycles. The fourth-order valence-corrected chi connectivity index (χ4v) is 1.97. The van der Waals surface area contributed by atoms with Gasteiger partial charge in [-0.05, 0) is 24.7 Å². The standard InChI is InChI=1S/C12H14N4OS/c1-2-7-16-9-6-4-3-5-8(9)10(11(16)17)14-15-12(13)18/h3-6H,2,7H2,1H3,(H3,13,15,18). The van der Waals surface area contributed by atoms with Crippen molar-refractivity contribution in [3.05, 3.63) is 29.8 Å². The highest BCUT2D eigenvalue weighted by molar-refractivity contribution is 7.80. The van der Waals surface area contributed by atoms with Crippen molar-refractivity contribution >= 4 is 34.6 Å². The van der Waals surface area contributed by atoms with E-state index in [0.717, 1.165) is 17.7 Å². The number of carbonyl (C=O) groups is 1. The van der Waals surface area contributed by atoms with Gasteiger partial charge in [-0.3, -0.25) is 10.2 Å². The Hall–Kier alpha value is -1.95. The monoisotopic (exact) mass is 262 g/mol. The van der Waals surface area contributed by atoms with Crippen LogP contribution in [-0.2, 0) is 4.79 Å². The van der Waals surface area contributed by atoms with Gasteiger partial charge < -0.3 is 10.6 Å². The Morgan fingerprint density at radius 3 is 2.89 bits per heavy atom. The number of amides is 1. The van der Waals surface area contributed by atoms with Crippen LogP contribution in [0.3, 0.4) is 0 Å². The first-order valence-corrected chi connectivity index (χ1v) is 6.10. The first-order chi connectivity index (χ1) is 8.65. The molecule has 5 nitrogen and oxygen atoms in total. The van der Waals surface area contributed by atoms with Crippen LogP contribution in [0.15, 0.2) is 29.4 Å². The molecular weight excluding hydrogens is 248 g/mol. The molecule has 0 saturated heterocycles. The van der Waals surface area contributed by atoms with Crippen LogP contribution in [0.5, 0.6) is 0 Å². The maximum absolute atomic E-state index is 12.2. The topological polar surface area (TPSA) is 70.7 Å². The molecule has 0 bridgehead atoms. The molecule has 0 atom stereocenters. The second-order valence-corrected chi connectivity index (χ2v) is 4.35. The number of thiocarbonyl (C=S) groups is 1. The number of hydrogen-bond acceptors (Lipinski definition) is 3. The summed E-state index contributed by atoms with van der Waals surface area (Å²) < 4.78 is 0. The highest BCUT2D eigenvalue weighted by Gasteiger charge is 2.33. The number of anilines is 1. The van der Waals surface area contributed by atoms with E-state index in [1.54, 1.807) is 4.90 Å². The normalized spacial score (nSPS) is 15.9. The molecule has 0 radical (unpaired) electrons. The van der Waals surface area contributed by atoms with Crippen LogP contribution in [-0.4, -0.2) is 23.3 Å². The zero-order chi connectivity index (χ0) is 13.1. The van der Waals surface area contributed by atoms with Gasteiger partial charge in [-0.2, -0.15) is 5.10 Å². The molecule has 0 unspecified atom stereocenters. The van der Waals surface area contributed by atoms with Crippen molar-refractivity contribution < 1.29 is 4.79 Å². The predicted octanol–water partition coefficient (Wildman–Crippen LogP) is 0.980. The number of nitrogens with zero attached hydrogens (tertiary/aromatic N) is 2.